The zero-order chi connectivity index (χ0) is 16.3. The second-order valence-corrected chi connectivity index (χ2v) is 7.29. The van der Waals surface area contributed by atoms with E-state index in [4.69, 9.17) is 0 Å². The second-order valence-electron chi connectivity index (χ2n) is 5.91. The molecule has 0 radical (unpaired) electrons. The number of amides is 1. The monoisotopic (exact) mass is 347 g/mol. The molecule has 23 heavy (non-hydrogen) atoms. The summed E-state index contributed by atoms with van der Waals surface area (Å²) in [5.41, 5.74) is 0.984. The summed E-state index contributed by atoms with van der Waals surface area (Å²) in [6.07, 6.45) is 3.32. The van der Waals surface area contributed by atoms with Crippen LogP contribution in [0.3, 0.4) is 0 Å². The number of likely N-dealkylation sites (tertiary alicyclic amines) is 1. The number of hydrogen-bond acceptors (Lipinski definition) is 4. The van der Waals surface area contributed by atoms with Gasteiger partial charge in [-0.15, -0.1) is 0 Å². The van der Waals surface area contributed by atoms with Gasteiger partial charge in [-0.1, -0.05) is 26.0 Å². The average molecular weight is 347 g/mol. The summed E-state index contributed by atoms with van der Waals surface area (Å²) in [5, 5.41) is 0. The van der Waals surface area contributed by atoms with Gasteiger partial charge in [0.1, 0.15) is 10.1 Å². The minimum absolute atomic E-state index is 0. The molecule has 1 aromatic carbocycles. The first kappa shape index (κ1) is 20.6. The van der Waals surface area contributed by atoms with Crippen molar-refractivity contribution in [3.8, 4) is 0 Å². The van der Waals surface area contributed by atoms with Gasteiger partial charge in [0.05, 0.1) is 4.90 Å². The van der Waals surface area contributed by atoms with Crippen LogP contribution in [0.4, 0.5) is 0 Å². The molecule has 0 bridgehead atoms. The predicted molar refractivity (Wildman–Crippen MR) is 82.5 cm³/mol. The molecule has 0 aromatic heterocycles. The zero-order valence-corrected chi connectivity index (χ0v) is 16.8. The Hall–Kier alpha value is -0.400. The van der Waals surface area contributed by atoms with Crippen molar-refractivity contribution in [3.05, 3.63) is 29.8 Å². The number of rotatable bonds is 6. The molecule has 2 rings (SSSR count). The normalized spacial score (nSPS) is 17.7. The average Bonchev–Trinajstić information content (AvgIpc) is 2.90. The van der Waals surface area contributed by atoms with Crippen LogP contribution >= 0.6 is 0 Å². The van der Waals surface area contributed by atoms with Gasteiger partial charge in [0.15, 0.2) is 0 Å². The van der Waals surface area contributed by atoms with Crippen molar-refractivity contribution in [3.63, 3.8) is 0 Å². The summed E-state index contributed by atoms with van der Waals surface area (Å²) in [6.45, 7) is 4.97. The quantitative estimate of drug-likeness (QED) is 0.513. The van der Waals surface area contributed by atoms with E-state index in [1.165, 1.54) is 12.1 Å². The molecule has 2 atom stereocenters. The van der Waals surface area contributed by atoms with Crippen molar-refractivity contribution in [1.82, 2.24) is 4.90 Å². The first-order valence-corrected chi connectivity index (χ1v) is 9.09. The maximum atomic E-state index is 11.9. The van der Waals surface area contributed by atoms with E-state index >= 15 is 0 Å². The fraction of sp³-hybridized carbons (Fsp3) is 0.562. The molecule has 1 aliphatic rings. The van der Waals surface area contributed by atoms with Crippen LogP contribution in [0.2, 0.25) is 0 Å². The van der Waals surface area contributed by atoms with Crippen LogP contribution in [0.5, 0.6) is 0 Å². The zero-order valence-electron chi connectivity index (χ0n) is 14.0. The molecular weight excluding hydrogens is 325 g/mol. The standard InChI is InChI=1S/C16H23NO4S.Na/c1-3-14(17-10-4-5-16(17)18)11-12(2)13-6-8-15(9-7-13)22(19,20)21;/h6-9,12,14H,3-5,10-11H2,1-2H3,(H,19,20,21);/q;+1/p-1. The van der Waals surface area contributed by atoms with Crippen LogP contribution in [0, 0.1) is 0 Å². The SMILES string of the molecule is CCC(CC(C)c1ccc(S(=O)(=O)[O-])cc1)N1CCCC1=O.[Na+]. The number of nitrogens with zero attached hydrogens (tertiary/aromatic N) is 1. The van der Waals surface area contributed by atoms with Gasteiger partial charge in [-0.25, -0.2) is 8.42 Å². The van der Waals surface area contributed by atoms with Crippen LogP contribution in [-0.2, 0) is 14.9 Å². The largest absolute Gasteiger partial charge is 1.00 e. The predicted octanol–water partition coefficient (Wildman–Crippen LogP) is -0.511. The molecule has 1 saturated heterocycles. The van der Waals surface area contributed by atoms with Gasteiger partial charge in [-0.3, -0.25) is 4.79 Å². The molecule has 1 aromatic rings. The van der Waals surface area contributed by atoms with Crippen molar-refractivity contribution in [2.24, 2.45) is 0 Å². The fourth-order valence-corrected chi connectivity index (χ4v) is 3.55. The molecule has 0 spiro atoms. The van der Waals surface area contributed by atoms with E-state index in [2.05, 4.69) is 13.8 Å². The number of hydrogen-bond donors (Lipinski definition) is 0. The molecule has 1 aliphatic heterocycles. The summed E-state index contributed by atoms with van der Waals surface area (Å²) in [5.74, 6) is 0.425. The molecule has 1 fully saturated rings. The Morgan fingerprint density at radius 1 is 1.26 bits per heavy atom. The van der Waals surface area contributed by atoms with Crippen LogP contribution < -0.4 is 29.6 Å². The molecule has 0 N–H and O–H groups in total. The fourth-order valence-electron chi connectivity index (χ4n) is 3.08. The van der Waals surface area contributed by atoms with Crippen molar-refractivity contribution in [2.75, 3.05) is 6.54 Å². The van der Waals surface area contributed by atoms with E-state index in [1.807, 2.05) is 4.90 Å². The smallest absolute Gasteiger partial charge is 0.744 e. The van der Waals surface area contributed by atoms with Crippen molar-refractivity contribution < 1.29 is 47.3 Å². The van der Waals surface area contributed by atoms with Gasteiger partial charge in [-0.2, -0.15) is 0 Å². The van der Waals surface area contributed by atoms with E-state index in [1.54, 1.807) is 12.1 Å². The van der Waals surface area contributed by atoms with Gasteiger partial charge in [-0.05, 0) is 42.9 Å². The van der Waals surface area contributed by atoms with E-state index in [9.17, 15) is 17.8 Å². The van der Waals surface area contributed by atoms with Gasteiger partial charge < -0.3 is 9.45 Å². The Balaban J connectivity index is 0.00000264. The van der Waals surface area contributed by atoms with Gasteiger partial charge in [0.25, 0.3) is 0 Å². The Labute approximate surface area is 160 Å². The summed E-state index contributed by atoms with van der Waals surface area (Å²) >= 11 is 0. The summed E-state index contributed by atoms with van der Waals surface area (Å²) in [7, 11) is -4.40. The third-order valence-corrected chi connectivity index (χ3v) is 5.23. The minimum atomic E-state index is -4.40. The summed E-state index contributed by atoms with van der Waals surface area (Å²) in [6, 6.07) is 6.31. The second kappa shape index (κ2) is 8.62. The number of carbonyl (C=O) groups excluding carboxylic acids is 1. The first-order valence-electron chi connectivity index (χ1n) is 7.68. The van der Waals surface area contributed by atoms with Crippen LogP contribution in [0.25, 0.3) is 0 Å². The van der Waals surface area contributed by atoms with Crippen LogP contribution in [0.15, 0.2) is 29.2 Å². The van der Waals surface area contributed by atoms with E-state index < -0.39 is 10.1 Å². The molecule has 1 heterocycles. The number of carbonyl (C=O) groups is 1. The molecule has 122 valence electrons. The van der Waals surface area contributed by atoms with E-state index in [0.29, 0.717) is 6.42 Å². The van der Waals surface area contributed by atoms with Gasteiger partial charge in [0, 0.05) is 19.0 Å². The molecule has 2 unspecified atom stereocenters. The molecule has 7 heteroatoms. The summed E-state index contributed by atoms with van der Waals surface area (Å²) in [4.78, 5) is 13.6. The molecule has 0 saturated carbocycles. The van der Waals surface area contributed by atoms with Crippen LogP contribution in [-0.4, -0.2) is 36.4 Å². The summed E-state index contributed by atoms with van der Waals surface area (Å²) < 4.78 is 32.8. The van der Waals surface area contributed by atoms with Crippen LogP contribution in [0.1, 0.15) is 51.0 Å². The third kappa shape index (κ3) is 5.29. The maximum absolute atomic E-state index is 11.9. The number of benzene rings is 1. The van der Waals surface area contributed by atoms with Crippen molar-refractivity contribution in [2.45, 2.75) is 56.4 Å². The Morgan fingerprint density at radius 3 is 2.30 bits per heavy atom. The Morgan fingerprint density at radius 2 is 1.87 bits per heavy atom. The topological polar surface area (TPSA) is 77.5 Å². The van der Waals surface area contributed by atoms with E-state index in [0.717, 1.165) is 31.4 Å². The van der Waals surface area contributed by atoms with Gasteiger partial charge >= 0.3 is 29.6 Å². The Bertz CT molecular complexity index is 630. The molecule has 5 nitrogen and oxygen atoms in total. The molecule has 0 aliphatic carbocycles. The molecule has 1 amide bonds. The van der Waals surface area contributed by atoms with Crippen molar-refractivity contribution in [1.29, 1.82) is 0 Å². The molecular formula is C16H22NNaO4S. The maximum Gasteiger partial charge on any atom is 1.00 e. The minimum Gasteiger partial charge on any atom is -0.744 e. The van der Waals surface area contributed by atoms with Crippen molar-refractivity contribution >= 4 is 16.0 Å². The Kier molecular flexibility index (Phi) is 7.74. The van der Waals surface area contributed by atoms with E-state index in [-0.39, 0.29) is 52.3 Å². The third-order valence-electron chi connectivity index (χ3n) is 4.39. The van der Waals surface area contributed by atoms with Gasteiger partial charge in [0.2, 0.25) is 5.91 Å². The first-order chi connectivity index (χ1) is 10.3.